The van der Waals surface area contributed by atoms with E-state index < -0.39 is 23.8 Å². The molecule has 0 saturated heterocycles. The van der Waals surface area contributed by atoms with Gasteiger partial charge in [-0.1, -0.05) is 57.2 Å². The summed E-state index contributed by atoms with van der Waals surface area (Å²) in [5, 5.41) is 5.90. The van der Waals surface area contributed by atoms with E-state index >= 15 is 0 Å². The van der Waals surface area contributed by atoms with Crippen LogP contribution in [0.5, 0.6) is 0 Å². The van der Waals surface area contributed by atoms with Crippen molar-refractivity contribution in [3.8, 4) is 0 Å². The number of nitrogens with one attached hydrogen (secondary N) is 2. The van der Waals surface area contributed by atoms with Gasteiger partial charge in [-0.2, -0.15) is 0 Å². The quantitative estimate of drug-likeness (QED) is 0.347. The van der Waals surface area contributed by atoms with Crippen LogP contribution in [0.15, 0.2) is 42.5 Å². The summed E-state index contributed by atoms with van der Waals surface area (Å²) in [6, 6.07) is 11.4. The molecular weight excluding hydrogens is 490 g/mol. The van der Waals surface area contributed by atoms with Gasteiger partial charge in [-0.05, 0) is 95.5 Å². The highest BCUT2D eigenvalue weighted by molar-refractivity contribution is 6.00. The molecule has 0 aromatic heterocycles. The Morgan fingerprint density at radius 1 is 0.897 bits per heavy atom. The second-order valence-corrected chi connectivity index (χ2v) is 11.8. The first kappa shape index (κ1) is 31.9. The number of nitrogens with zero attached hydrogens (tertiary/aromatic N) is 1. The Kier molecular flexibility index (Phi) is 11.1. The maximum atomic E-state index is 14.4. The van der Waals surface area contributed by atoms with Gasteiger partial charge in [0.2, 0.25) is 5.91 Å². The molecule has 7 nitrogen and oxygen atoms in total. The minimum Gasteiger partial charge on any atom is -0.444 e. The monoisotopic (exact) mass is 537 g/mol. The van der Waals surface area contributed by atoms with Crippen LogP contribution in [0, 0.1) is 26.7 Å². The lowest BCUT2D eigenvalue weighted by Gasteiger charge is -2.39. The second kappa shape index (κ2) is 13.6. The van der Waals surface area contributed by atoms with Crippen LogP contribution in [0.2, 0.25) is 0 Å². The number of hydrogen-bond acceptors (Lipinski definition) is 4. The zero-order chi connectivity index (χ0) is 29.5. The Bertz CT molecular complexity index is 1130. The lowest BCUT2D eigenvalue weighted by Crippen LogP contribution is -2.55. The number of carbonyl (C=O) groups is 3. The predicted molar refractivity (Wildman–Crippen MR) is 158 cm³/mol. The first-order chi connectivity index (χ1) is 18.2. The average molecular weight is 538 g/mol. The van der Waals surface area contributed by atoms with Crippen LogP contribution in [0.4, 0.5) is 10.5 Å². The number of benzene rings is 2. The van der Waals surface area contributed by atoms with E-state index in [9.17, 15) is 14.4 Å². The SMILES string of the molecule is CCC(C)N(C(=O)C(CC(C)C)NC(=O)OC(C)(C)C)C(C(=O)Nc1ccccc1C)c1c(C)cccc1C. The molecule has 0 fully saturated rings. The predicted octanol–water partition coefficient (Wildman–Crippen LogP) is 6.86. The molecule has 2 aromatic rings. The van der Waals surface area contributed by atoms with Gasteiger partial charge in [0.25, 0.3) is 5.91 Å². The standard InChI is InChI=1S/C32H47N3O4/c1-11-24(7)35(30(37)26(19-20(2)3)34-31(38)39-32(8,9)10)28(27-22(5)16-14-17-23(27)6)29(36)33-25-18-13-12-15-21(25)4/h12-18,20,24,26,28H,11,19H2,1-10H3,(H,33,36)(H,34,38). The molecule has 0 aliphatic rings. The molecule has 0 spiro atoms. The Morgan fingerprint density at radius 2 is 1.46 bits per heavy atom. The van der Waals surface area contributed by atoms with Crippen LogP contribution < -0.4 is 10.6 Å². The largest absolute Gasteiger partial charge is 0.444 e. The molecule has 2 aromatic carbocycles. The molecule has 0 aliphatic heterocycles. The molecule has 3 unspecified atom stereocenters. The molecular formula is C32H47N3O4. The van der Waals surface area contributed by atoms with Crippen LogP contribution in [0.25, 0.3) is 0 Å². The zero-order valence-electron chi connectivity index (χ0n) is 25.3. The number of carbonyl (C=O) groups excluding carboxylic acids is 3. The van der Waals surface area contributed by atoms with E-state index in [1.807, 2.05) is 90.9 Å². The fourth-order valence-electron chi connectivity index (χ4n) is 4.69. The number of rotatable bonds is 10. The number of para-hydroxylation sites is 1. The van der Waals surface area contributed by atoms with E-state index in [0.29, 0.717) is 18.5 Å². The van der Waals surface area contributed by atoms with Crippen molar-refractivity contribution in [2.75, 3.05) is 5.32 Å². The van der Waals surface area contributed by atoms with Crippen molar-refractivity contribution in [1.29, 1.82) is 0 Å². The summed E-state index contributed by atoms with van der Waals surface area (Å²) < 4.78 is 5.49. The maximum absolute atomic E-state index is 14.4. The Balaban J connectivity index is 2.65. The maximum Gasteiger partial charge on any atom is 0.408 e. The van der Waals surface area contributed by atoms with Crippen molar-refractivity contribution in [2.24, 2.45) is 5.92 Å². The van der Waals surface area contributed by atoms with Crippen LogP contribution in [0.3, 0.4) is 0 Å². The van der Waals surface area contributed by atoms with Gasteiger partial charge in [-0.15, -0.1) is 0 Å². The molecule has 0 saturated carbocycles. The molecule has 0 heterocycles. The van der Waals surface area contributed by atoms with E-state index in [0.717, 1.165) is 22.3 Å². The van der Waals surface area contributed by atoms with Gasteiger partial charge in [0.1, 0.15) is 17.7 Å². The number of ether oxygens (including phenoxy) is 1. The molecule has 3 amide bonds. The highest BCUT2D eigenvalue weighted by atomic mass is 16.6. The summed E-state index contributed by atoms with van der Waals surface area (Å²) in [5.74, 6) is -0.487. The van der Waals surface area contributed by atoms with Gasteiger partial charge < -0.3 is 20.3 Å². The van der Waals surface area contributed by atoms with E-state index in [-0.39, 0.29) is 23.8 Å². The molecule has 2 rings (SSSR count). The summed E-state index contributed by atoms with van der Waals surface area (Å²) in [6.07, 6.45) is 0.383. The Morgan fingerprint density at radius 3 is 1.97 bits per heavy atom. The molecule has 0 radical (unpaired) electrons. The summed E-state index contributed by atoms with van der Waals surface area (Å²) in [7, 11) is 0. The molecule has 39 heavy (non-hydrogen) atoms. The lowest BCUT2D eigenvalue weighted by molar-refractivity contribution is -0.143. The third kappa shape index (κ3) is 8.84. The van der Waals surface area contributed by atoms with Crippen LogP contribution in [0.1, 0.15) is 89.6 Å². The number of amides is 3. The van der Waals surface area contributed by atoms with Gasteiger partial charge in [-0.25, -0.2) is 4.79 Å². The van der Waals surface area contributed by atoms with Crippen LogP contribution >= 0.6 is 0 Å². The number of anilines is 1. The summed E-state index contributed by atoms with van der Waals surface area (Å²) >= 11 is 0. The molecule has 2 N–H and O–H groups in total. The zero-order valence-corrected chi connectivity index (χ0v) is 25.3. The minimum atomic E-state index is -0.900. The van der Waals surface area contributed by atoms with Gasteiger partial charge in [0.05, 0.1) is 0 Å². The third-order valence-electron chi connectivity index (χ3n) is 6.76. The first-order valence-corrected chi connectivity index (χ1v) is 13.9. The molecule has 3 atom stereocenters. The van der Waals surface area contributed by atoms with Crippen molar-refractivity contribution < 1.29 is 19.1 Å². The molecule has 214 valence electrons. The average Bonchev–Trinajstić information content (AvgIpc) is 2.82. The van der Waals surface area contributed by atoms with Crippen molar-refractivity contribution >= 4 is 23.6 Å². The van der Waals surface area contributed by atoms with Gasteiger partial charge in [-0.3, -0.25) is 9.59 Å². The summed E-state index contributed by atoms with van der Waals surface area (Å²) in [4.78, 5) is 43.0. The van der Waals surface area contributed by atoms with E-state index in [1.54, 1.807) is 25.7 Å². The van der Waals surface area contributed by atoms with Gasteiger partial charge in [0, 0.05) is 11.7 Å². The molecule has 0 aliphatic carbocycles. The van der Waals surface area contributed by atoms with E-state index in [2.05, 4.69) is 10.6 Å². The smallest absolute Gasteiger partial charge is 0.408 e. The Hall–Kier alpha value is -3.35. The summed E-state index contributed by atoms with van der Waals surface area (Å²) in [5.41, 5.74) is 3.54. The molecule has 7 heteroatoms. The fraction of sp³-hybridized carbons (Fsp3) is 0.531. The first-order valence-electron chi connectivity index (χ1n) is 13.9. The highest BCUT2D eigenvalue weighted by Gasteiger charge is 2.40. The topological polar surface area (TPSA) is 87.7 Å². The fourth-order valence-corrected chi connectivity index (χ4v) is 4.69. The molecule has 0 bridgehead atoms. The second-order valence-electron chi connectivity index (χ2n) is 11.8. The number of alkyl carbamates (subject to hydrolysis) is 1. The highest BCUT2D eigenvalue weighted by Crippen LogP contribution is 2.32. The van der Waals surface area contributed by atoms with Crippen molar-refractivity contribution in [3.63, 3.8) is 0 Å². The third-order valence-corrected chi connectivity index (χ3v) is 6.76. The van der Waals surface area contributed by atoms with Crippen molar-refractivity contribution in [3.05, 3.63) is 64.7 Å². The number of aryl methyl sites for hydroxylation is 3. The lowest BCUT2D eigenvalue weighted by atomic mass is 9.91. The normalized spacial score (nSPS) is 13.8. The van der Waals surface area contributed by atoms with Gasteiger partial charge in [0.15, 0.2) is 0 Å². The van der Waals surface area contributed by atoms with Crippen molar-refractivity contribution in [2.45, 2.75) is 106 Å². The van der Waals surface area contributed by atoms with E-state index in [4.69, 9.17) is 4.74 Å². The van der Waals surface area contributed by atoms with Crippen LogP contribution in [-0.4, -0.2) is 40.5 Å². The van der Waals surface area contributed by atoms with E-state index in [1.165, 1.54) is 0 Å². The van der Waals surface area contributed by atoms with Gasteiger partial charge >= 0.3 is 6.09 Å². The van der Waals surface area contributed by atoms with Crippen molar-refractivity contribution in [1.82, 2.24) is 10.2 Å². The van der Waals surface area contributed by atoms with Crippen LogP contribution in [-0.2, 0) is 14.3 Å². The number of hydrogen-bond donors (Lipinski definition) is 2. The minimum absolute atomic E-state index is 0.118. The summed E-state index contributed by atoms with van der Waals surface area (Å²) in [6.45, 7) is 19.1. The Labute approximate surface area is 234 Å².